The molecule has 0 atom stereocenters. The third-order valence-corrected chi connectivity index (χ3v) is 2.46. The highest BCUT2D eigenvalue weighted by Crippen LogP contribution is 2.19. The Kier molecular flexibility index (Phi) is 2.50. The molecular weight excluding hydrogens is 186 g/mol. The molecule has 1 heterocycles. The van der Waals surface area contributed by atoms with Gasteiger partial charge in [0.2, 0.25) is 0 Å². The lowest BCUT2D eigenvalue weighted by molar-refractivity contribution is 0.493. The average molecular weight is 201 g/mol. The van der Waals surface area contributed by atoms with Crippen molar-refractivity contribution in [1.82, 2.24) is 0 Å². The summed E-state index contributed by atoms with van der Waals surface area (Å²) in [6, 6.07) is 10.0. The number of anilines is 1. The number of rotatable bonds is 2. The van der Waals surface area contributed by atoms with E-state index in [9.17, 15) is 0 Å². The number of hydrogen-bond acceptors (Lipinski definition) is 2. The lowest BCUT2D eigenvalue weighted by Gasteiger charge is -2.04. The lowest BCUT2D eigenvalue weighted by Crippen LogP contribution is -1.95. The number of furan rings is 1. The minimum absolute atomic E-state index is 0.765. The Morgan fingerprint density at radius 3 is 2.60 bits per heavy atom. The first kappa shape index (κ1) is 9.84. The highest BCUT2D eigenvalue weighted by molar-refractivity contribution is 5.49. The largest absolute Gasteiger partial charge is 0.466 e. The molecular formula is C13H15NO. The van der Waals surface area contributed by atoms with Gasteiger partial charge in [-0.05, 0) is 37.6 Å². The topological polar surface area (TPSA) is 39.2 Å². The molecule has 1 aromatic carbocycles. The number of hydrogen-bond donors (Lipinski definition) is 1. The first-order valence-corrected chi connectivity index (χ1v) is 5.05. The minimum atomic E-state index is 0.765. The molecule has 0 amide bonds. The summed E-state index contributed by atoms with van der Waals surface area (Å²) < 4.78 is 5.53. The van der Waals surface area contributed by atoms with Crippen LogP contribution in [0.2, 0.25) is 0 Å². The molecule has 2 heteroatoms. The van der Waals surface area contributed by atoms with Crippen LogP contribution in [0.1, 0.15) is 22.6 Å². The smallest absolute Gasteiger partial charge is 0.108 e. The molecule has 15 heavy (non-hydrogen) atoms. The number of benzene rings is 1. The highest BCUT2D eigenvalue weighted by atomic mass is 16.3. The Morgan fingerprint density at radius 2 is 1.93 bits per heavy atom. The summed E-state index contributed by atoms with van der Waals surface area (Å²) >= 11 is 0. The summed E-state index contributed by atoms with van der Waals surface area (Å²) in [5, 5.41) is 0. The lowest BCUT2D eigenvalue weighted by atomic mass is 10.1. The van der Waals surface area contributed by atoms with Crippen LogP contribution in [0.25, 0.3) is 0 Å². The summed E-state index contributed by atoms with van der Waals surface area (Å²) in [4.78, 5) is 0. The fraction of sp³-hybridized carbons (Fsp3) is 0.231. The van der Waals surface area contributed by atoms with Crippen molar-refractivity contribution in [2.45, 2.75) is 20.3 Å². The van der Waals surface area contributed by atoms with Gasteiger partial charge >= 0.3 is 0 Å². The van der Waals surface area contributed by atoms with E-state index in [-0.39, 0.29) is 0 Å². The van der Waals surface area contributed by atoms with Crippen molar-refractivity contribution in [3.05, 3.63) is 53.0 Å². The van der Waals surface area contributed by atoms with Crippen LogP contribution in [0.5, 0.6) is 0 Å². The summed E-state index contributed by atoms with van der Waals surface area (Å²) in [7, 11) is 0. The van der Waals surface area contributed by atoms with Gasteiger partial charge in [-0.2, -0.15) is 0 Å². The molecule has 0 radical (unpaired) electrons. The molecule has 0 fully saturated rings. The third kappa shape index (κ3) is 2.21. The van der Waals surface area contributed by atoms with Gasteiger partial charge < -0.3 is 10.2 Å². The second kappa shape index (κ2) is 3.81. The first-order valence-electron chi connectivity index (χ1n) is 5.05. The van der Waals surface area contributed by atoms with E-state index in [2.05, 4.69) is 13.0 Å². The Labute approximate surface area is 89.7 Å². The second-order valence-electron chi connectivity index (χ2n) is 3.89. The molecule has 78 valence electrons. The standard InChI is InChI=1S/C13H15NO/c1-9-3-6-13(14)11(7-9)8-12-5-4-10(2)15-12/h3-7H,8,14H2,1-2H3. The molecule has 0 unspecified atom stereocenters. The van der Waals surface area contributed by atoms with Crippen LogP contribution in [0.15, 0.2) is 34.7 Å². The fourth-order valence-corrected chi connectivity index (χ4v) is 1.66. The van der Waals surface area contributed by atoms with Gasteiger partial charge in [0.1, 0.15) is 11.5 Å². The van der Waals surface area contributed by atoms with Gasteiger partial charge in [0.05, 0.1) is 0 Å². The van der Waals surface area contributed by atoms with Gasteiger partial charge in [0.25, 0.3) is 0 Å². The minimum Gasteiger partial charge on any atom is -0.466 e. The maximum Gasteiger partial charge on any atom is 0.108 e. The van der Waals surface area contributed by atoms with E-state index in [0.29, 0.717) is 0 Å². The number of nitrogens with two attached hydrogens (primary N) is 1. The molecule has 0 spiro atoms. The van der Waals surface area contributed by atoms with E-state index in [4.69, 9.17) is 10.2 Å². The van der Waals surface area contributed by atoms with Crippen molar-refractivity contribution in [3.63, 3.8) is 0 Å². The molecule has 0 saturated heterocycles. The van der Waals surface area contributed by atoms with Gasteiger partial charge in [-0.1, -0.05) is 17.7 Å². The molecule has 0 bridgehead atoms. The van der Waals surface area contributed by atoms with Crippen molar-refractivity contribution in [3.8, 4) is 0 Å². The highest BCUT2D eigenvalue weighted by Gasteiger charge is 2.04. The monoisotopic (exact) mass is 201 g/mol. The summed E-state index contributed by atoms with van der Waals surface area (Å²) in [6.07, 6.45) is 0.765. The summed E-state index contributed by atoms with van der Waals surface area (Å²) in [5.74, 6) is 1.90. The van der Waals surface area contributed by atoms with Gasteiger partial charge in [0.15, 0.2) is 0 Å². The Morgan fingerprint density at radius 1 is 1.13 bits per heavy atom. The van der Waals surface area contributed by atoms with Gasteiger partial charge in [-0.15, -0.1) is 0 Å². The Bertz CT molecular complexity index is 471. The van der Waals surface area contributed by atoms with Crippen molar-refractivity contribution >= 4 is 5.69 Å². The van der Waals surface area contributed by atoms with E-state index in [1.165, 1.54) is 5.56 Å². The molecule has 1 aromatic heterocycles. The average Bonchev–Trinajstić information content (AvgIpc) is 2.58. The normalized spacial score (nSPS) is 10.5. The first-order chi connectivity index (χ1) is 7.15. The van der Waals surface area contributed by atoms with Crippen molar-refractivity contribution < 1.29 is 4.42 Å². The van der Waals surface area contributed by atoms with Crippen molar-refractivity contribution in [2.75, 3.05) is 5.73 Å². The summed E-state index contributed by atoms with van der Waals surface area (Å²) in [6.45, 7) is 4.01. The van der Waals surface area contributed by atoms with Crippen LogP contribution in [-0.2, 0) is 6.42 Å². The molecule has 0 saturated carbocycles. The Balaban J connectivity index is 2.27. The van der Waals surface area contributed by atoms with E-state index in [1.54, 1.807) is 0 Å². The fourth-order valence-electron chi connectivity index (χ4n) is 1.66. The van der Waals surface area contributed by atoms with E-state index in [0.717, 1.165) is 29.2 Å². The van der Waals surface area contributed by atoms with Crippen molar-refractivity contribution in [2.24, 2.45) is 0 Å². The van der Waals surface area contributed by atoms with Gasteiger partial charge in [0, 0.05) is 12.1 Å². The van der Waals surface area contributed by atoms with Gasteiger partial charge in [-0.3, -0.25) is 0 Å². The van der Waals surface area contributed by atoms with Crippen LogP contribution < -0.4 is 5.73 Å². The molecule has 2 N–H and O–H groups in total. The van der Waals surface area contributed by atoms with Crippen LogP contribution in [0, 0.1) is 13.8 Å². The van der Waals surface area contributed by atoms with Gasteiger partial charge in [-0.25, -0.2) is 0 Å². The van der Waals surface area contributed by atoms with E-state index in [1.807, 2.05) is 31.2 Å². The van der Waals surface area contributed by atoms with Crippen LogP contribution in [-0.4, -0.2) is 0 Å². The molecule has 2 rings (SSSR count). The molecule has 0 aliphatic carbocycles. The summed E-state index contributed by atoms with van der Waals surface area (Å²) in [5.41, 5.74) is 9.08. The maximum atomic E-state index is 5.90. The quantitative estimate of drug-likeness (QED) is 0.758. The molecule has 0 aliphatic rings. The zero-order chi connectivity index (χ0) is 10.8. The number of nitrogen functional groups attached to an aromatic ring is 1. The zero-order valence-corrected chi connectivity index (χ0v) is 9.08. The third-order valence-electron chi connectivity index (χ3n) is 2.46. The molecule has 0 aliphatic heterocycles. The number of aryl methyl sites for hydroxylation is 2. The van der Waals surface area contributed by atoms with Crippen molar-refractivity contribution in [1.29, 1.82) is 0 Å². The predicted octanol–water partition coefficient (Wildman–Crippen LogP) is 3.07. The van der Waals surface area contributed by atoms with Crippen LogP contribution in [0.3, 0.4) is 0 Å². The van der Waals surface area contributed by atoms with Crippen LogP contribution >= 0.6 is 0 Å². The zero-order valence-electron chi connectivity index (χ0n) is 9.08. The van der Waals surface area contributed by atoms with E-state index >= 15 is 0 Å². The maximum absolute atomic E-state index is 5.90. The van der Waals surface area contributed by atoms with E-state index < -0.39 is 0 Å². The predicted molar refractivity (Wildman–Crippen MR) is 61.8 cm³/mol. The van der Waals surface area contributed by atoms with Crippen LogP contribution in [0.4, 0.5) is 5.69 Å². The molecule has 2 nitrogen and oxygen atoms in total. The molecule has 2 aromatic rings. The Hall–Kier alpha value is -1.70. The second-order valence-corrected chi connectivity index (χ2v) is 3.89. The SMILES string of the molecule is Cc1ccc(N)c(Cc2ccc(C)o2)c1.